The summed E-state index contributed by atoms with van der Waals surface area (Å²) in [5.41, 5.74) is 8.08. The molecular formula is C12H13BrN2S2. The molecule has 2 N–H and O–H groups in total. The zero-order valence-electron chi connectivity index (χ0n) is 9.61. The summed E-state index contributed by atoms with van der Waals surface area (Å²) in [7, 11) is 0. The van der Waals surface area contributed by atoms with Gasteiger partial charge in [-0.15, -0.1) is 11.3 Å². The van der Waals surface area contributed by atoms with E-state index in [1.807, 2.05) is 13.8 Å². The van der Waals surface area contributed by atoms with Crippen LogP contribution in [0.4, 0.5) is 0 Å². The summed E-state index contributed by atoms with van der Waals surface area (Å²) in [6, 6.07) is 6.30. The van der Waals surface area contributed by atoms with Crippen molar-refractivity contribution in [3.05, 3.63) is 39.3 Å². The van der Waals surface area contributed by atoms with Crippen LogP contribution in [-0.2, 0) is 0 Å². The molecule has 90 valence electrons. The van der Waals surface area contributed by atoms with Gasteiger partial charge in [-0.3, -0.25) is 0 Å². The Morgan fingerprint density at radius 3 is 2.76 bits per heavy atom. The highest BCUT2D eigenvalue weighted by Gasteiger charge is 2.07. The minimum atomic E-state index is 0.0468. The summed E-state index contributed by atoms with van der Waals surface area (Å²) in [5.74, 6) is 0. The third-order valence-electron chi connectivity index (χ3n) is 2.27. The molecule has 1 atom stereocenters. The molecule has 0 saturated carbocycles. The first-order valence-electron chi connectivity index (χ1n) is 5.21. The van der Waals surface area contributed by atoms with E-state index >= 15 is 0 Å². The predicted octanol–water partition coefficient (Wildman–Crippen LogP) is 4.38. The molecule has 2 aromatic rings. The number of aromatic nitrogens is 1. The van der Waals surface area contributed by atoms with E-state index in [1.54, 1.807) is 23.1 Å². The summed E-state index contributed by atoms with van der Waals surface area (Å²) in [5, 5.41) is 2.06. The van der Waals surface area contributed by atoms with Crippen molar-refractivity contribution >= 4 is 39.0 Å². The summed E-state index contributed by atoms with van der Waals surface area (Å²) in [6.07, 6.45) is 0. The first-order valence-corrected chi connectivity index (χ1v) is 7.70. The van der Waals surface area contributed by atoms with Crippen LogP contribution in [0.3, 0.4) is 0 Å². The molecule has 0 aliphatic rings. The summed E-state index contributed by atoms with van der Waals surface area (Å²) in [4.78, 5) is 5.61. The first-order chi connectivity index (χ1) is 8.06. The molecule has 2 rings (SSSR count). The molecular weight excluding hydrogens is 316 g/mol. The van der Waals surface area contributed by atoms with Crippen LogP contribution in [0.2, 0.25) is 0 Å². The molecule has 0 radical (unpaired) electrons. The van der Waals surface area contributed by atoms with E-state index in [4.69, 9.17) is 5.73 Å². The number of nitrogens with zero attached hydrogens (tertiary/aromatic N) is 1. The van der Waals surface area contributed by atoms with Gasteiger partial charge in [0.1, 0.15) is 0 Å². The van der Waals surface area contributed by atoms with Gasteiger partial charge in [-0.05, 0) is 31.5 Å². The average Bonchev–Trinajstić information content (AvgIpc) is 2.63. The summed E-state index contributed by atoms with van der Waals surface area (Å²) in [6.45, 7) is 3.99. The topological polar surface area (TPSA) is 38.9 Å². The summed E-state index contributed by atoms with van der Waals surface area (Å²) >= 11 is 6.91. The van der Waals surface area contributed by atoms with Crippen molar-refractivity contribution in [1.82, 2.24) is 4.98 Å². The van der Waals surface area contributed by atoms with Crippen LogP contribution in [0.25, 0.3) is 0 Å². The highest BCUT2D eigenvalue weighted by molar-refractivity contribution is 9.10. The molecule has 1 aromatic carbocycles. The van der Waals surface area contributed by atoms with Crippen LogP contribution < -0.4 is 5.73 Å². The smallest absolute Gasteiger partial charge is 0.154 e. The Morgan fingerprint density at radius 2 is 2.24 bits per heavy atom. The van der Waals surface area contributed by atoms with Gasteiger partial charge >= 0.3 is 0 Å². The van der Waals surface area contributed by atoms with Gasteiger partial charge in [0.2, 0.25) is 0 Å². The van der Waals surface area contributed by atoms with Crippen LogP contribution in [-0.4, -0.2) is 4.98 Å². The van der Waals surface area contributed by atoms with E-state index in [9.17, 15) is 0 Å². The third-order valence-corrected chi connectivity index (χ3v) is 5.00. The second-order valence-corrected chi connectivity index (χ2v) is 6.86. The minimum absolute atomic E-state index is 0.0468. The van der Waals surface area contributed by atoms with Crippen molar-refractivity contribution in [1.29, 1.82) is 0 Å². The minimum Gasteiger partial charge on any atom is -0.324 e. The van der Waals surface area contributed by atoms with Gasteiger partial charge in [0, 0.05) is 26.5 Å². The van der Waals surface area contributed by atoms with Gasteiger partial charge in [-0.25, -0.2) is 4.98 Å². The number of nitrogens with two attached hydrogens (primary N) is 1. The summed E-state index contributed by atoms with van der Waals surface area (Å²) < 4.78 is 2.13. The quantitative estimate of drug-likeness (QED) is 0.908. The SMILES string of the molecule is Cc1csc(Sc2ccc([C@@H](C)N)c(Br)c2)n1. The standard InChI is InChI=1S/C12H13BrN2S2/c1-7-6-16-12(15-7)17-9-3-4-10(8(2)14)11(13)5-9/h3-6,8H,14H2,1-2H3/t8-/m1/s1. The van der Waals surface area contributed by atoms with Crippen LogP contribution in [0, 0.1) is 6.92 Å². The lowest BCUT2D eigenvalue weighted by Gasteiger charge is -2.09. The largest absolute Gasteiger partial charge is 0.324 e. The van der Waals surface area contributed by atoms with Crippen molar-refractivity contribution in [3.8, 4) is 0 Å². The van der Waals surface area contributed by atoms with E-state index in [0.29, 0.717) is 0 Å². The Bertz CT molecular complexity index is 523. The van der Waals surface area contributed by atoms with Crippen LogP contribution in [0.15, 0.2) is 37.3 Å². The Kier molecular flexibility index (Phi) is 4.25. The Labute approximate surface area is 118 Å². The van der Waals surface area contributed by atoms with Gasteiger partial charge in [-0.2, -0.15) is 0 Å². The monoisotopic (exact) mass is 328 g/mol. The van der Waals surface area contributed by atoms with Crippen LogP contribution in [0.5, 0.6) is 0 Å². The Morgan fingerprint density at radius 1 is 1.47 bits per heavy atom. The molecule has 0 unspecified atom stereocenters. The average molecular weight is 329 g/mol. The fourth-order valence-corrected chi connectivity index (χ4v) is 4.16. The molecule has 5 heteroatoms. The molecule has 0 aliphatic heterocycles. The van der Waals surface area contributed by atoms with Gasteiger partial charge in [-0.1, -0.05) is 33.8 Å². The number of aryl methyl sites for hydroxylation is 1. The lowest BCUT2D eigenvalue weighted by molar-refractivity contribution is 0.811. The number of benzene rings is 1. The van der Waals surface area contributed by atoms with Crippen LogP contribution in [0.1, 0.15) is 24.2 Å². The van der Waals surface area contributed by atoms with Crippen molar-refractivity contribution in [2.45, 2.75) is 29.1 Å². The molecule has 0 saturated heterocycles. The zero-order chi connectivity index (χ0) is 12.4. The second-order valence-electron chi connectivity index (χ2n) is 3.83. The molecule has 1 heterocycles. The predicted molar refractivity (Wildman–Crippen MR) is 77.7 cm³/mol. The maximum absolute atomic E-state index is 5.87. The highest BCUT2D eigenvalue weighted by atomic mass is 79.9. The molecule has 17 heavy (non-hydrogen) atoms. The Balaban J connectivity index is 2.20. The molecule has 0 spiro atoms. The van der Waals surface area contributed by atoms with Crippen molar-refractivity contribution in [3.63, 3.8) is 0 Å². The number of rotatable bonds is 3. The first kappa shape index (κ1) is 13.1. The molecule has 0 bridgehead atoms. The number of thiazole rings is 1. The van der Waals surface area contributed by atoms with Gasteiger partial charge in [0.25, 0.3) is 0 Å². The van der Waals surface area contributed by atoms with Gasteiger partial charge < -0.3 is 5.73 Å². The van der Waals surface area contributed by atoms with Crippen molar-refractivity contribution < 1.29 is 0 Å². The second kappa shape index (κ2) is 5.52. The number of hydrogen-bond acceptors (Lipinski definition) is 4. The molecule has 0 amide bonds. The fraction of sp³-hybridized carbons (Fsp3) is 0.250. The van der Waals surface area contributed by atoms with Crippen LogP contribution >= 0.6 is 39.0 Å². The van der Waals surface area contributed by atoms with E-state index in [2.05, 4.69) is 44.5 Å². The van der Waals surface area contributed by atoms with E-state index < -0.39 is 0 Å². The normalized spacial score (nSPS) is 12.7. The molecule has 0 fully saturated rings. The molecule has 1 aromatic heterocycles. The molecule has 0 aliphatic carbocycles. The highest BCUT2D eigenvalue weighted by Crippen LogP contribution is 2.33. The maximum Gasteiger partial charge on any atom is 0.154 e. The lowest BCUT2D eigenvalue weighted by Crippen LogP contribution is -2.05. The number of hydrogen-bond donors (Lipinski definition) is 1. The van der Waals surface area contributed by atoms with Crippen molar-refractivity contribution in [2.75, 3.05) is 0 Å². The maximum atomic E-state index is 5.87. The van der Waals surface area contributed by atoms with E-state index in [-0.39, 0.29) is 6.04 Å². The lowest BCUT2D eigenvalue weighted by atomic mass is 10.1. The molecule has 2 nitrogen and oxygen atoms in total. The fourth-order valence-electron chi connectivity index (χ4n) is 1.42. The van der Waals surface area contributed by atoms with Gasteiger partial charge in [0.15, 0.2) is 4.34 Å². The third kappa shape index (κ3) is 3.31. The number of halogens is 1. The van der Waals surface area contributed by atoms with E-state index in [0.717, 1.165) is 20.1 Å². The van der Waals surface area contributed by atoms with E-state index in [1.165, 1.54) is 4.90 Å². The van der Waals surface area contributed by atoms with Gasteiger partial charge in [0.05, 0.1) is 0 Å². The Hall–Kier alpha value is -0.360. The zero-order valence-corrected chi connectivity index (χ0v) is 12.8. The van der Waals surface area contributed by atoms with Crippen molar-refractivity contribution in [2.24, 2.45) is 5.73 Å².